The van der Waals surface area contributed by atoms with Crippen LogP contribution in [-0.4, -0.2) is 30.5 Å². The van der Waals surface area contributed by atoms with Crippen LogP contribution in [0.25, 0.3) is 0 Å². The molecule has 1 aromatic rings. The summed E-state index contributed by atoms with van der Waals surface area (Å²) in [5.41, 5.74) is 0.364. The van der Waals surface area contributed by atoms with Crippen molar-refractivity contribution in [1.82, 2.24) is 5.32 Å². The highest BCUT2D eigenvalue weighted by Crippen LogP contribution is 2.41. The van der Waals surface area contributed by atoms with Crippen LogP contribution >= 0.6 is 11.6 Å². The first-order valence-corrected chi connectivity index (χ1v) is 8.52. The molecule has 0 aliphatic carbocycles. The second-order valence-corrected chi connectivity index (χ2v) is 7.39. The highest BCUT2D eigenvalue weighted by atomic mass is 35.5. The Morgan fingerprint density at radius 1 is 1.42 bits per heavy atom. The molecule has 24 heavy (non-hydrogen) atoms. The van der Waals surface area contributed by atoms with E-state index in [1.807, 2.05) is 12.1 Å². The lowest BCUT2D eigenvalue weighted by atomic mass is 9.95. The fraction of sp³-hybridized carbons (Fsp3) is 0.526. The van der Waals surface area contributed by atoms with Gasteiger partial charge >= 0.3 is 0 Å². The number of benzene rings is 1. The number of alkyl halides is 1. The molecule has 130 valence electrons. The average Bonchev–Trinajstić information content (AvgIpc) is 2.84. The van der Waals surface area contributed by atoms with E-state index in [4.69, 9.17) is 21.1 Å². The summed E-state index contributed by atoms with van der Waals surface area (Å²) in [4.78, 5) is 11.8. The molecule has 1 aliphatic heterocycles. The normalized spacial score (nSPS) is 14.9. The molecule has 1 aliphatic rings. The van der Waals surface area contributed by atoms with Gasteiger partial charge in [-0.2, -0.15) is 0 Å². The first-order chi connectivity index (χ1) is 11.2. The Bertz CT molecular complexity index is 671. The Hall–Kier alpha value is -1.86. The van der Waals surface area contributed by atoms with Crippen LogP contribution in [0.2, 0.25) is 0 Å². The van der Waals surface area contributed by atoms with E-state index < -0.39 is 5.41 Å². The van der Waals surface area contributed by atoms with E-state index in [9.17, 15) is 4.79 Å². The lowest BCUT2D eigenvalue weighted by molar-refractivity contribution is -0.128. The molecule has 0 saturated carbocycles. The molecular weight excluding hydrogens is 326 g/mol. The van der Waals surface area contributed by atoms with E-state index >= 15 is 0 Å². The van der Waals surface area contributed by atoms with Crippen LogP contribution in [0.4, 0.5) is 0 Å². The van der Waals surface area contributed by atoms with Gasteiger partial charge in [0, 0.05) is 17.9 Å². The lowest BCUT2D eigenvalue weighted by Crippen LogP contribution is -2.38. The largest absolute Gasteiger partial charge is 0.483 e. The summed E-state index contributed by atoms with van der Waals surface area (Å²) in [7, 11) is 0. The summed E-state index contributed by atoms with van der Waals surface area (Å²) in [6.07, 6.45) is 0.869. The van der Waals surface area contributed by atoms with Crippen LogP contribution in [0, 0.1) is 17.3 Å². The zero-order valence-electron chi connectivity index (χ0n) is 14.7. The SMILES string of the molecule is CC1(C)Cc2cccc(OCC#CCNC(=O)C(C)(C)CCl)c2O1. The molecule has 0 fully saturated rings. The molecule has 0 bridgehead atoms. The number of hydrogen-bond donors (Lipinski definition) is 1. The third kappa shape index (κ3) is 4.58. The Morgan fingerprint density at radius 3 is 2.88 bits per heavy atom. The predicted molar refractivity (Wildman–Crippen MR) is 95.6 cm³/mol. The molecule has 0 spiro atoms. The number of carbonyl (C=O) groups excluding carboxylic acids is 1. The van der Waals surface area contributed by atoms with Gasteiger partial charge in [0.1, 0.15) is 12.2 Å². The van der Waals surface area contributed by atoms with Gasteiger partial charge in [-0.05, 0) is 33.8 Å². The zero-order valence-corrected chi connectivity index (χ0v) is 15.4. The van der Waals surface area contributed by atoms with Crippen molar-refractivity contribution < 1.29 is 14.3 Å². The summed E-state index contributed by atoms with van der Waals surface area (Å²) < 4.78 is 11.6. The van der Waals surface area contributed by atoms with Crippen molar-refractivity contribution in [3.63, 3.8) is 0 Å². The van der Waals surface area contributed by atoms with Crippen LogP contribution in [-0.2, 0) is 11.2 Å². The molecular formula is C19H24ClNO3. The van der Waals surface area contributed by atoms with Crippen molar-refractivity contribution in [2.24, 2.45) is 5.41 Å². The molecule has 1 amide bonds. The van der Waals surface area contributed by atoms with E-state index in [0.29, 0.717) is 5.75 Å². The second kappa shape index (κ2) is 7.36. The summed E-state index contributed by atoms with van der Waals surface area (Å²) in [6, 6.07) is 5.89. The standard InChI is InChI=1S/C19H24ClNO3/c1-18(2,13-20)17(22)21-10-5-6-11-23-15-9-7-8-14-12-19(3,4)24-16(14)15/h7-9H,10-13H2,1-4H3,(H,21,22). The van der Waals surface area contributed by atoms with Gasteiger partial charge in [0.15, 0.2) is 11.5 Å². The maximum atomic E-state index is 11.8. The predicted octanol–water partition coefficient (Wildman–Crippen LogP) is 3.16. The number of hydrogen-bond acceptors (Lipinski definition) is 3. The van der Waals surface area contributed by atoms with Crippen molar-refractivity contribution >= 4 is 17.5 Å². The molecule has 5 heteroatoms. The van der Waals surface area contributed by atoms with Crippen LogP contribution in [0.5, 0.6) is 11.5 Å². The maximum absolute atomic E-state index is 11.8. The molecule has 0 unspecified atom stereocenters. The molecule has 0 radical (unpaired) electrons. The maximum Gasteiger partial charge on any atom is 0.227 e. The second-order valence-electron chi connectivity index (χ2n) is 7.13. The fourth-order valence-electron chi connectivity index (χ4n) is 2.35. The van der Waals surface area contributed by atoms with Crippen molar-refractivity contribution in [2.45, 2.75) is 39.7 Å². The lowest BCUT2D eigenvalue weighted by Gasteiger charge is -2.19. The van der Waals surface area contributed by atoms with Crippen molar-refractivity contribution in [3.05, 3.63) is 23.8 Å². The highest BCUT2D eigenvalue weighted by molar-refractivity contribution is 6.19. The van der Waals surface area contributed by atoms with E-state index in [1.165, 1.54) is 0 Å². The van der Waals surface area contributed by atoms with Crippen LogP contribution < -0.4 is 14.8 Å². The molecule has 1 aromatic carbocycles. The Balaban J connectivity index is 1.83. The minimum Gasteiger partial charge on any atom is -0.483 e. The smallest absolute Gasteiger partial charge is 0.227 e. The monoisotopic (exact) mass is 349 g/mol. The van der Waals surface area contributed by atoms with Crippen molar-refractivity contribution in [2.75, 3.05) is 19.0 Å². The van der Waals surface area contributed by atoms with Crippen molar-refractivity contribution in [3.8, 4) is 23.3 Å². The number of carbonyl (C=O) groups is 1. The Kier molecular flexibility index (Phi) is 5.66. The summed E-state index contributed by atoms with van der Waals surface area (Å²) in [6.45, 7) is 8.23. The number of amides is 1. The van der Waals surface area contributed by atoms with Gasteiger partial charge in [0.05, 0.1) is 12.0 Å². The molecule has 4 nitrogen and oxygen atoms in total. The van der Waals surface area contributed by atoms with Crippen LogP contribution in [0.1, 0.15) is 33.3 Å². The van der Waals surface area contributed by atoms with Gasteiger partial charge in [0.25, 0.3) is 0 Å². The Labute approximate surface area is 148 Å². The van der Waals surface area contributed by atoms with Gasteiger partial charge in [-0.15, -0.1) is 11.6 Å². The number of nitrogens with one attached hydrogen (secondary N) is 1. The van der Waals surface area contributed by atoms with Crippen LogP contribution in [0.3, 0.4) is 0 Å². The third-order valence-electron chi connectivity index (χ3n) is 3.77. The Morgan fingerprint density at radius 2 is 2.17 bits per heavy atom. The summed E-state index contributed by atoms with van der Waals surface area (Å²) >= 11 is 5.76. The minimum atomic E-state index is -0.589. The third-order valence-corrected chi connectivity index (χ3v) is 4.43. The van der Waals surface area contributed by atoms with Gasteiger partial charge < -0.3 is 14.8 Å². The van der Waals surface area contributed by atoms with Gasteiger partial charge in [-0.1, -0.05) is 24.0 Å². The number of halogens is 1. The molecule has 1 heterocycles. The van der Waals surface area contributed by atoms with E-state index in [1.54, 1.807) is 13.8 Å². The number of rotatable bonds is 5. The van der Waals surface area contributed by atoms with E-state index in [2.05, 4.69) is 37.1 Å². The van der Waals surface area contributed by atoms with Gasteiger partial charge in [0.2, 0.25) is 5.91 Å². The van der Waals surface area contributed by atoms with Crippen molar-refractivity contribution in [1.29, 1.82) is 0 Å². The van der Waals surface area contributed by atoms with E-state index in [0.717, 1.165) is 17.7 Å². The average molecular weight is 350 g/mol. The zero-order chi connectivity index (χ0) is 17.8. The molecule has 0 aromatic heterocycles. The number of ether oxygens (including phenoxy) is 2. The van der Waals surface area contributed by atoms with Gasteiger partial charge in [-0.25, -0.2) is 0 Å². The number of para-hydroxylation sites is 1. The minimum absolute atomic E-state index is 0.107. The molecule has 0 atom stereocenters. The van der Waals surface area contributed by atoms with Crippen LogP contribution in [0.15, 0.2) is 18.2 Å². The molecule has 2 rings (SSSR count). The summed E-state index contributed by atoms with van der Waals surface area (Å²) in [5, 5.41) is 2.75. The first kappa shape index (κ1) is 18.5. The quantitative estimate of drug-likeness (QED) is 0.656. The number of fused-ring (bicyclic) bond motifs is 1. The molecule has 1 N–H and O–H groups in total. The van der Waals surface area contributed by atoms with E-state index in [-0.39, 0.29) is 30.5 Å². The molecule has 0 saturated heterocycles. The van der Waals surface area contributed by atoms with Gasteiger partial charge in [-0.3, -0.25) is 4.79 Å². The summed E-state index contributed by atoms with van der Waals surface area (Å²) in [5.74, 6) is 7.45. The topological polar surface area (TPSA) is 47.6 Å². The first-order valence-electron chi connectivity index (χ1n) is 7.99. The fourth-order valence-corrected chi connectivity index (χ4v) is 2.47. The highest BCUT2D eigenvalue weighted by Gasteiger charge is 2.32.